The zero-order chi connectivity index (χ0) is 17.8. The first-order valence-electron chi connectivity index (χ1n) is 9.03. The maximum absolute atomic E-state index is 13.6. The molecule has 0 aliphatic carbocycles. The van der Waals surface area contributed by atoms with E-state index >= 15 is 0 Å². The van der Waals surface area contributed by atoms with Crippen molar-refractivity contribution in [1.82, 2.24) is 15.5 Å². The van der Waals surface area contributed by atoms with Crippen molar-refractivity contribution in [3.8, 4) is 12.3 Å². The van der Waals surface area contributed by atoms with E-state index in [0.29, 0.717) is 0 Å². The lowest BCUT2D eigenvalue weighted by Crippen LogP contribution is -2.57. The Labute approximate surface area is 147 Å². The van der Waals surface area contributed by atoms with Crippen molar-refractivity contribution in [1.29, 1.82) is 0 Å². The number of terminal acetylenes is 1. The minimum absolute atomic E-state index is 0.0233. The second-order valence-electron chi connectivity index (χ2n) is 5.82. The van der Waals surface area contributed by atoms with Gasteiger partial charge in [0.15, 0.2) is 0 Å². The summed E-state index contributed by atoms with van der Waals surface area (Å²) in [7, 11) is 0. The fourth-order valence-corrected chi connectivity index (χ4v) is 3.50. The van der Waals surface area contributed by atoms with E-state index in [4.69, 9.17) is 0 Å². The molecule has 2 aliphatic rings. The van der Waals surface area contributed by atoms with Crippen LogP contribution in [0.4, 0.5) is 4.39 Å². The van der Waals surface area contributed by atoms with Gasteiger partial charge in [-0.2, -0.15) is 0 Å². The zero-order valence-electron chi connectivity index (χ0n) is 15.4. The van der Waals surface area contributed by atoms with Gasteiger partial charge in [-0.1, -0.05) is 26.0 Å². The van der Waals surface area contributed by atoms with Crippen LogP contribution < -0.4 is 10.6 Å². The van der Waals surface area contributed by atoms with Gasteiger partial charge >= 0.3 is 0 Å². The third-order valence-electron chi connectivity index (χ3n) is 4.52. The molecule has 1 aromatic rings. The van der Waals surface area contributed by atoms with Crippen molar-refractivity contribution in [3.05, 3.63) is 35.6 Å². The fraction of sp³-hybridized carbons (Fsp3) is 0.600. The van der Waals surface area contributed by atoms with E-state index in [9.17, 15) is 4.39 Å². The van der Waals surface area contributed by atoms with Gasteiger partial charge in [0.1, 0.15) is 5.82 Å². The van der Waals surface area contributed by atoms with E-state index in [0.717, 1.165) is 57.7 Å². The summed E-state index contributed by atoms with van der Waals surface area (Å²) in [6.45, 7) is 11.9. The Balaban J connectivity index is 0.000000521. The molecule has 0 radical (unpaired) electrons. The Morgan fingerprint density at radius 2 is 1.62 bits per heavy atom. The minimum atomic E-state index is -0.120. The van der Waals surface area contributed by atoms with E-state index in [1.54, 1.807) is 13.0 Å². The van der Waals surface area contributed by atoms with Gasteiger partial charge in [0, 0.05) is 31.7 Å². The van der Waals surface area contributed by atoms with E-state index in [2.05, 4.69) is 33.9 Å². The fourth-order valence-electron chi connectivity index (χ4n) is 3.50. The van der Waals surface area contributed by atoms with Gasteiger partial charge in [-0.05, 0) is 50.6 Å². The summed E-state index contributed by atoms with van der Waals surface area (Å²) >= 11 is 0. The molecule has 0 bridgehead atoms. The summed E-state index contributed by atoms with van der Waals surface area (Å²) in [6, 6.07) is 7.20. The number of halogens is 1. The summed E-state index contributed by atoms with van der Waals surface area (Å²) in [5.74, 6) is 2.13. The van der Waals surface area contributed by atoms with Gasteiger partial charge in [0.2, 0.25) is 0 Å². The van der Waals surface area contributed by atoms with Crippen LogP contribution in [0.15, 0.2) is 24.3 Å². The Kier molecular flexibility index (Phi) is 9.63. The molecule has 0 saturated carbocycles. The second kappa shape index (κ2) is 11.2. The first-order valence-corrected chi connectivity index (χ1v) is 9.03. The predicted molar refractivity (Wildman–Crippen MR) is 100 cm³/mol. The van der Waals surface area contributed by atoms with E-state index in [1.807, 2.05) is 19.9 Å². The van der Waals surface area contributed by atoms with Crippen molar-refractivity contribution in [2.75, 3.05) is 39.3 Å². The number of nitrogens with one attached hydrogen (secondary N) is 2. The molecule has 134 valence electrons. The molecule has 0 unspecified atom stereocenters. The smallest absolute Gasteiger partial charge is 0.123 e. The molecule has 2 N–H and O–H groups in total. The van der Waals surface area contributed by atoms with E-state index in [1.165, 1.54) is 6.07 Å². The second-order valence-corrected chi connectivity index (χ2v) is 5.82. The highest BCUT2D eigenvalue weighted by Crippen LogP contribution is 2.37. The third kappa shape index (κ3) is 5.31. The lowest BCUT2D eigenvalue weighted by molar-refractivity contribution is 0.0418. The normalized spacial score (nSPS) is 19.8. The maximum atomic E-state index is 13.6. The largest absolute Gasteiger partial charge is 0.317 e. The highest BCUT2D eigenvalue weighted by Gasteiger charge is 2.39. The molecule has 0 amide bonds. The van der Waals surface area contributed by atoms with Gasteiger partial charge in [0.05, 0.1) is 0 Å². The molecule has 2 fully saturated rings. The highest BCUT2D eigenvalue weighted by atomic mass is 19.1. The Hall–Kier alpha value is -1.41. The predicted octanol–water partition coefficient (Wildman–Crippen LogP) is 2.98. The molecular weight excluding hydrogens is 301 g/mol. The first kappa shape index (κ1) is 20.6. The van der Waals surface area contributed by atoms with Crippen LogP contribution in [-0.4, -0.2) is 44.2 Å². The average molecular weight is 333 g/mol. The van der Waals surface area contributed by atoms with Crippen LogP contribution in [0.2, 0.25) is 0 Å². The summed E-state index contributed by atoms with van der Waals surface area (Å²) in [6.07, 6.45) is 6.73. The number of rotatable bonds is 2. The number of piperidine rings is 1. The Morgan fingerprint density at radius 1 is 1.08 bits per heavy atom. The summed E-state index contributed by atoms with van der Waals surface area (Å²) in [5, 5.41) is 6.83. The van der Waals surface area contributed by atoms with Crippen molar-refractivity contribution < 1.29 is 4.39 Å². The van der Waals surface area contributed by atoms with Crippen LogP contribution in [0, 0.1) is 18.2 Å². The van der Waals surface area contributed by atoms with E-state index in [-0.39, 0.29) is 11.4 Å². The third-order valence-corrected chi connectivity index (χ3v) is 4.52. The van der Waals surface area contributed by atoms with Gasteiger partial charge in [0.25, 0.3) is 0 Å². The molecule has 2 saturated heterocycles. The Bertz CT molecular complexity index is 498. The summed E-state index contributed by atoms with van der Waals surface area (Å²) < 4.78 is 13.6. The highest BCUT2D eigenvalue weighted by molar-refractivity contribution is 5.27. The van der Waals surface area contributed by atoms with Crippen LogP contribution in [0.3, 0.4) is 0 Å². The molecule has 0 aromatic heterocycles. The van der Waals surface area contributed by atoms with Gasteiger partial charge in [-0.15, -0.1) is 12.3 Å². The maximum Gasteiger partial charge on any atom is 0.123 e. The quantitative estimate of drug-likeness (QED) is 0.815. The van der Waals surface area contributed by atoms with Crippen molar-refractivity contribution in [3.63, 3.8) is 0 Å². The number of nitrogens with zero attached hydrogens (tertiary/aromatic N) is 1. The molecule has 0 spiro atoms. The van der Waals surface area contributed by atoms with Crippen molar-refractivity contribution >= 4 is 0 Å². The molecule has 3 nitrogen and oxygen atoms in total. The summed E-state index contributed by atoms with van der Waals surface area (Å²) in [5.41, 5.74) is 1.17. The molecule has 1 aromatic carbocycles. The molecule has 2 aliphatic heterocycles. The molecule has 24 heavy (non-hydrogen) atoms. The SMILES string of the molecule is C#CC.CC.Fc1cccc(C2(N3CCNCC3)CCNCC2)c1. The minimum Gasteiger partial charge on any atom is -0.317 e. The standard InChI is InChI=1S/C15H22FN3.C3H4.C2H6/c16-14-3-1-2-13(12-14)15(4-6-17-7-5-15)19-10-8-18-9-11-19;1-3-2;1-2/h1-3,12,17-18H,4-11H2;1H,2H3;1-2H3. The molecular formula is C20H32FN3. The zero-order valence-corrected chi connectivity index (χ0v) is 15.4. The molecule has 0 atom stereocenters. The van der Waals surface area contributed by atoms with Crippen LogP contribution in [0.1, 0.15) is 39.2 Å². The van der Waals surface area contributed by atoms with Gasteiger partial charge in [-0.3, -0.25) is 4.90 Å². The monoisotopic (exact) mass is 333 g/mol. The summed E-state index contributed by atoms with van der Waals surface area (Å²) in [4.78, 5) is 2.55. The molecule has 3 rings (SSSR count). The number of benzene rings is 1. The van der Waals surface area contributed by atoms with Crippen LogP contribution >= 0.6 is 0 Å². The lowest BCUT2D eigenvalue weighted by atomic mass is 9.79. The average Bonchev–Trinajstić information content (AvgIpc) is 2.65. The molecule has 4 heteroatoms. The van der Waals surface area contributed by atoms with Crippen molar-refractivity contribution in [2.45, 2.75) is 39.2 Å². The first-order chi connectivity index (χ1) is 11.7. The number of hydrogen-bond acceptors (Lipinski definition) is 3. The Morgan fingerprint density at radius 3 is 2.17 bits per heavy atom. The van der Waals surface area contributed by atoms with Gasteiger partial charge < -0.3 is 10.6 Å². The number of piperazine rings is 1. The molecule has 2 heterocycles. The lowest BCUT2D eigenvalue weighted by Gasteiger charge is -2.49. The van der Waals surface area contributed by atoms with E-state index < -0.39 is 0 Å². The van der Waals surface area contributed by atoms with Gasteiger partial charge in [-0.25, -0.2) is 4.39 Å². The van der Waals surface area contributed by atoms with Crippen LogP contribution in [0.25, 0.3) is 0 Å². The van der Waals surface area contributed by atoms with Crippen LogP contribution in [-0.2, 0) is 5.54 Å². The topological polar surface area (TPSA) is 27.3 Å². The van der Waals surface area contributed by atoms with Crippen molar-refractivity contribution in [2.24, 2.45) is 0 Å². The number of hydrogen-bond donors (Lipinski definition) is 2. The van der Waals surface area contributed by atoms with Crippen LogP contribution in [0.5, 0.6) is 0 Å².